The normalized spacial score (nSPS) is 9.33. The molecule has 0 aliphatic heterocycles. The zero-order chi connectivity index (χ0) is 14.8. The van der Waals surface area contributed by atoms with Crippen LogP contribution in [-0.4, -0.2) is 12.6 Å². The zero-order valence-corrected chi connectivity index (χ0v) is 11.7. The first-order valence-electron chi connectivity index (χ1n) is 6.83. The SMILES string of the molecule is O=C(NCCC#Cc1ccccc1)OCc1ccccc1. The first-order valence-corrected chi connectivity index (χ1v) is 6.83. The number of alkyl carbamates (subject to hydrolysis) is 1. The van der Waals surface area contributed by atoms with Crippen molar-refractivity contribution in [2.75, 3.05) is 6.54 Å². The van der Waals surface area contributed by atoms with Gasteiger partial charge in [0.2, 0.25) is 0 Å². The highest BCUT2D eigenvalue weighted by molar-refractivity contribution is 5.67. The highest BCUT2D eigenvalue weighted by Gasteiger charge is 2.00. The lowest BCUT2D eigenvalue weighted by Crippen LogP contribution is -2.24. The first kappa shape index (κ1) is 14.7. The van der Waals surface area contributed by atoms with E-state index in [2.05, 4.69) is 17.2 Å². The zero-order valence-electron chi connectivity index (χ0n) is 11.7. The lowest BCUT2D eigenvalue weighted by atomic mass is 10.2. The van der Waals surface area contributed by atoms with Gasteiger partial charge in [0.1, 0.15) is 6.61 Å². The Morgan fingerprint density at radius 2 is 1.67 bits per heavy atom. The van der Waals surface area contributed by atoms with Gasteiger partial charge in [0.05, 0.1) is 0 Å². The van der Waals surface area contributed by atoms with Crippen molar-refractivity contribution in [3.63, 3.8) is 0 Å². The molecule has 106 valence electrons. The second-order valence-corrected chi connectivity index (χ2v) is 4.41. The number of carbonyl (C=O) groups is 1. The molecule has 3 heteroatoms. The Labute approximate surface area is 125 Å². The fourth-order valence-corrected chi connectivity index (χ4v) is 1.69. The second kappa shape index (κ2) is 8.44. The maximum absolute atomic E-state index is 11.5. The van der Waals surface area contributed by atoms with Crippen LogP contribution in [0.2, 0.25) is 0 Å². The van der Waals surface area contributed by atoms with Gasteiger partial charge in [-0.3, -0.25) is 0 Å². The lowest BCUT2D eigenvalue weighted by Gasteiger charge is -2.05. The van der Waals surface area contributed by atoms with Gasteiger partial charge in [-0.15, -0.1) is 0 Å². The van der Waals surface area contributed by atoms with Gasteiger partial charge < -0.3 is 10.1 Å². The fourth-order valence-electron chi connectivity index (χ4n) is 1.69. The minimum atomic E-state index is -0.416. The van der Waals surface area contributed by atoms with E-state index in [9.17, 15) is 4.79 Å². The molecule has 2 rings (SSSR count). The van der Waals surface area contributed by atoms with Crippen molar-refractivity contribution < 1.29 is 9.53 Å². The van der Waals surface area contributed by atoms with Gasteiger partial charge in [-0.05, 0) is 17.7 Å². The third kappa shape index (κ3) is 5.84. The van der Waals surface area contributed by atoms with E-state index >= 15 is 0 Å². The van der Waals surface area contributed by atoms with Crippen molar-refractivity contribution in [3.05, 3.63) is 71.8 Å². The van der Waals surface area contributed by atoms with Gasteiger partial charge in [-0.2, -0.15) is 0 Å². The van der Waals surface area contributed by atoms with Gasteiger partial charge in [0.25, 0.3) is 0 Å². The quantitative estimate of drug-likeness (QED) is 0.688. The van der Waals surface area contributed by atoms with Crippen molar-refractivity contribution in [1.29, 1.82) is 0 Å². The smallest absolute Gasteiger partial charge is 0.407 e. The summed E-state index contributed by atoms with van der Waals surface area (Å²) in [5.41, 5.74) is 1.95. The first-order chi connectivity index (χ1) is 10.3. The summed E-state index contributed by atoms with van der Waals surface area (Å²) in [4.78, 5) is 11.5. The number of hydrogen-bond acceptors (Lipinski definition) is 2. The van der Waals surface area contributed by atoms with Crippen LogP contribution in [0, 0.1) is 11.8 Å². The van der Waals surface area contributed by atoms with Crippen LogP contribution < -0.4 is 5.32 Å². The molecule has 0 bridgehead atoms. The molecule has 0 heterocycles. The summed E-state index contributed by atoms with van der Waals surface area (Å²) in [6.45, 7) is 0.760. The highest BCUT2D eigenvalue weighted by Crippen LogP contribution is 2.00. The molecular formula is C18H17NO2. The molecule has 0 fully saturated rings. The number of hydrogen-bond donors (Lipinski definition) is 1. The molecule has 0 saturated carbocycles. The molecule has 0 saturated heterocycles. The average molecular weight is 279 g/mol. The van der Waals surface area contributed by atoms with Crippen LogP contribution in [0.3, 0.4) is 0 Å². The molecule has 1 amide bonds. The molecule has 2 aromatic rings. The number of benzene rings is 2. The van der Waals surface area contributed by atoms with Gasteiger partial charge in [0, 0.05) is 18.5 Å². The molecule has 0 aliphatic carbocycles. The minimum Gasteiger partial charge on any atom is -0.445 e. The average Bonchev–Trinajstić information content (AvgIpc) is 2.54. The van der Waals surface area contributed by atoms with Gasteiger partial charge in [0.15, 0.2) is 0 Å². The van der Waals surface area contributed by atoms with Gasteiger partial charge in [-0.25, -0.2) is 4.79 Å². The Morgan fingerprint density at radius 3 is 2.38 bits per heavy atom. The molecule has 2 aromatic carbocycles. The summed E-state index contributed by atoms with van der Waals surface area (Å²) in [7, 11) is 0. The standard InChI is InChI=1S/C18H17NO2/c20-18(21-15-17-12-5-2-6-13-17)19-14-8-7-11-16-9-3-1-4-10-16/h1-6,9-10,12-13H,8,14-15H2,(H,19,20). The van der Waals surface area contributed by atoms with Crippen molar-refractivity contribution in [2.45, 2.75) is 13.0 Å². The number of nitrogens with one attached hydrogen (secondary N) is 1. The van der Waals surface area contributed by atoms with Crippen molar-refractivity contribution in [1.82, 2.24) is 5.32 Å². The molecule has 0 radical (unpaired) electrons. The van der Waals surface area contributed by atoms with E-state index in [4.69, 9.17) is 4.74 Å². The van der Waals surface area contributed by atoms with Crippen molar-refractivity contribution in [2.24, 2.45) is 0 Å². The predicted octanol–water partition coefficient (Wildman–Crippen LogP) is 3.35. The van der Waals surface area contributed by atoms with E-state index < -0.39 is 6.09 Å². The largest absolute Gasteiger partial charge is 0.445 e. The minimum absolute atomic E-state index is 0.280. The number of carbonyl (C=O) groups excluding carboxylic acids is 1. The molecule has 0 aromatic heterocycles. The fraction of sp³-hybridized carbons (Fsp3) is 0.167. The van der Waals surface area contributed by atoms with Crippen molar-refractivity contribution in [3.8, 4) is 11.8 Å². The van der Waals surface area contributed by atoms with E-state index in [0.717, 1.165) is 11.1 Å². The Morgan fingerprint density at radius 1 is 1.00 bits per heavy atom. The Bertz CT molecular complexity index is 612. The molecular weight excluding hydrogens is 262 g/mol. The van der Waals surface area contributed by atoms with Crippen LogP contribution in [0.15, 0.2) is 60.7 Å². The number of ether oxygens (including phenoxy) is 1. The van der Waals surface area contributed by atoms with E-state index in [1.807, 2.05) is 60.7 Å². The lowest BCUT2D eigenvalue weighted by molar-refractivity contribution is 0.140. The van der Waals surface area contributed by atoms with E-state index in [0.29, 0.717) is 13.0 Å². The van der Waals surface area contributed by atoms with Gasteiger partial charge >= 0.3 is 6.09 Å². The van der Waals surface area contributed by atoms with Crippen LogP contribution in [0.25, 0.3) is 0 Å². The Hall–Kier alpha value is -2.73. The van der Waals surface area contributed by atoms with Crippen LogP contribution in [0.5, 0.6) is 0 Å². The maximum Gasteiger partial charge on any atom is 0.407 e. The molecule has 0 atom stereocenters. The Balaban J connectivity index is 1.63. The second-order valence-electron chi connectivity index (χ2n) is 4.41. The third-order valence-electron chi connectivity index (χ3n) is 2.74. The summed E-state index contributed by atoms with van der Waals surface area (Å²) < 4.78 is 5.09. The summed E-state index contributed by atoms with van der Waals surface area (Å²) in [6, 6.07) is 19.3. The Kier molecular flexibility index (Phi) is 5.90. The van der Waals surface area contributed by atoms with Crippen LogP contribution >= 0.6 is 0 Å². The summed E-state index contributed by atoms with van der Waals surface area (Å²) in [5, 5.41) is 2.68. The molecule has 0 aliphatic rings. The van der Waals surface area contributed by atoms with Crippen LogP contribution in [0.4, 0.5) is 4.79 Å². The predicted molar refractivity (Wildman–Crippen MR) is 82.6 cm³/mol. The van der Waals surface area contributed by atoms with E-state index in [-0.39, 0.29) is 6.61 Å². The highest BCUT2D eigenvalue weighted by atomic mass is 16.5. The van der Waals surface area contributed by atoms with Crippen LogP contribution in [0.1, 0.15) is 17.5 Å². The summed E-state index contributed by atoms with van der Waals surface area (Å²) in [6.07, 6.45) is 0.176. The van der Waals surface area contributed by atoms with Crippen LogP contribution in [-0.2, 0) is 11.3 Å². The molecule has 1 N–H and O–H groups in total. The summed E-state index contributed by atoms with van der Waals surface area (Å²) >= 11 is 0. The number of rotatable bonds is 4. The summed E-state index contributed by atoms with van der Waals surface area (Å²) in [5.74, 6) is 6.04. The monoisotopic (exact) mass is 279 g/mol. The van der Waals surface area contributed by atoms with E-state index in [1.165, 1.54) is 0 Å². The topological polar surface area (TPSA) is 38.3 Å². The van der Waals surface area contributed by atoms with Crippen molar-refractivity contribution >= 4 is 6.09 Å². The van der Waals surface area contributed by atoms with Gasteiger partial charge in [-0.1, -0.05) is 60.4 Å². The molecule has 3 nitrogen and oxygen atoms in total. The molecule has 0 unspecified atom stereocenters. The maximum atomic E-state index is 11.5. The molecule has 0 spiro atoms. The number of amides is 1. The third-order valence-corrected chi connectivity index (χ3v) is 2.74. The van der Waals surface area contributed by atoms with E-state index in [1.54, 1.807) is 0 Å². The molecule has 21 heavy (non-hydrogen) atoms.